The molecule has 0 unspecified atom stereocenters. The van der Waals surface area contributed by atoms with E-state index >= 15 is 0 Å². The van der Waals surface area contributed by atoms with Crippen LogP contribution < -0.4 is 14.8 Å². The van der Waals surface area contributed by atoms with Crippen molar-refractivity contribution in [2.24, 2.45) is 0 Å². The van der Waals surface area contributed by atoms with Gasteiger partial charge < -0.3 is 14.8 Å². The third-order valence-corrected chi connectivity index (χ3v) is 4.23. The first-order chi connectivity index (χ1) is 10.0. The lowest BCUT2D eigenvalue weighted by atomic mass is 9.89. The lowest BCUT2D eigenvalue weighted by molar-refractivity contribution is -0.132. The van der Waals surface area contributed by atoms with Crippen molar-refractivity contribution in [2.45, 2.75) is 32.7 Å². The quantitative estimate of drug-likeness (QED) is 0.669. The molecule has 1 aliphatic carbocycles. The van der Waals surface area contributed by atoms with Crippen molar-refractivity contribution in [3.63, 3.8) is 0 Å². The molecule has 1 aromatic rings. The molecule has 0 radical (unpaired) electrons. The summed E-state index contributed by atoms with van der Waals surface area (Å²) in [5.74, 6) is 1.01. The molecule has 0 saturated heterocycles. The van der Waals surface area contributed by atoms with Gasteiger partial charge in [-0.1, -0.05) is 24.3 Å². The second-order valence-corrected chi connectivity index (χ2v) is 5.46. The molecule has 0 bridgehead atoms. The van der Waals surface area contributed by atoms with Gasteiger partial charge in [-0.05, 0) is 25.0 Å². The molecule has 0 fully saturated rings. The topological polar surface area (TPSA) is 47.6 Å². The summed E-state index contributed by atoms with van der Waals surface area (Å²) >= 11 is 0. The number of anilines is 1. The van der Waals surface area contributed by atoms with Crippen molar-refractivity contribution in [2.75, 3.05) is 12.4 Å². The molecule has 2 atom stereocenters. The van der Waals surface area contributed by atoms with Crippen molar-refractivity contribution in [3.8, 4) is 11.5 Å². The van der Waals surface area contributed by atoms with Crippen molar-refractivity contribution in [3.05, 3.63) is 41.0 Å². The average Bonchev–Trinajstić information content (AvgIpc) is 2.84. The number of nitrogens with one attached hydrogen (secondary N) is 1. The molecule has 2 aliphatic rings. The van der Waals surface area contributed by atoms with Crippen LogP contribution in [-0.4, -0.2) is 19.1 Å². The van der Waals surface area contributed by atoms with Gasteiger partial charge in [0.05, 0.1) is 13.2 Å². The number of carbonyl (C=O) groups is 1. The zero-order valence-electron chi connectivity index (χ0n) is 12.7. The fourth-order valence-electron chi connectivity index (χ4n) is 3.15. The SMILES string of the molecule is COc1c(C)c(C)c2c(c1OC(C)=O)[C@H]1C=CC=C[C@H]1N2. The van der Waals surface area contributed by atoms with Crippen LogP contribution in [0.1, 0.15) is 29.5 Å². The van der Waals surface area contributed by atoms with Gasteiger partial charge in [0.1, 0.15) is 0 Å². The summed E-state index contributed by atoms with van der Waals surface area (Å²) in [5.41, 5.74) is 4.19. The molecule has 0 spiro atoms. The molecule has 4 nitrogen and oxygen atoms in total. The van der Waals surface area contributed by atoms with E-state index in [4.69, 9.17) is 9.47 Å². The molecule has 1 N–H and O–H groups in total. The van der Waals surface area contributed by atoms with Gasteiger partial charge in [-0.3, -0.25) is 4.79 Å². The number of rotatable bonds is 2. The highest BCUT2D eigenvalue weighted by atomic mass is 16.6. The van der Waals surface area contributed by atoms with Gasteiger partial charge in [-0.2, -0.15) is 0 Å². The van der Waals surface area contributed by atoms with Gasteiger partial charge in [0.25, 0.3) is 0 Å². The molecule has 21 heavy (non-hydrogen) atoms. The van der Waals surface area contributed by atoms with Crippen molar-refractivity contribution in [1.82, 2.24) is 0 Å². The van der Waals surface area contributed by atoms with Crippen LogP contribution in [0.15, 0.2) is 24.3 Å². The van der Waals surface area contributed by atoms with Gasteiger partial charge >= 0.3 is 5.97 Å². The van der Waals surface area contributed by atoms with Crippen LogP contribution in [0.2, 0.25) is 0 Å². The number of hydrogen-bond donors (Lipinski definition) is 1. The molecule has 110 valence electrons. The largest absolute Gasteiger partial charge is 0.493 e. The van der Waals surface area contributed by atoms with Crippen LogP contribution in [0.5, 0.6) is 11.5 Å². The average molecular weight is 285 g/mol. The summed E-state index contributed by atoms with van der Waals surface area (Å²) in [6, 6.07) is 0.199. The Bertz CT molecular complexity index is 673. The van der Waals surface area contributed by atoms with Crippen LogP contribution in [0.3, 0.4) is 0 Å². The van der Waals surface area contributed by atoms with Gasteiger partial charge in [0.2, 0.25) is 0 Å². The van der Waals surface area contributed by atoms with E-state index in [9.17, 15) is 4.79 Å². The zero-order chi connectivity index (χ0) is 15.1. The van der Waals surface area contributed by atoms with Crippen LogP contribution >= 0.6 is 0 Å². The van der Waals surface area contributed by atoms with Gasteiger partial charge in [-0.15, -0.1) is 0 Å². The fourth-order valence-corrected chi connectivity index (χ4v) is 3.15. The number of benzene rings is 1. The van der Waals surface area contributed by atoms with E-state index in [0.29, 0.717) is 11.5 Å². The zero-order valence-corrected chi connectivity index (χ0v) is 12.7. The van der Waals surface area contributed by atoms with E-state index in [1.165, 1.54) is 6.92 Å². The van der Waals surface area contributed by atoms with Crippen molar-refractivity contribution < 1.29 is 14.3 Å². The minimum absolute atomic E-state index is 0.160. The van der Waals surface area contributed by atoms with Crippen molar-refractivity contribution in [1.29, 1.82) is 0 Å². The first-order valence-corrected chi connectivity index (χ1v) is 7.05. The first-order valence-electron chi connectivity index (χ1n) is 7.05. The molecule has 0 saturated carbocycles. The Hall–Kier alpha value is -2.23. The Labute approximate surface area is 124 Å². The summed E-state index contributed by atoms with van der Waals surface area (Å²) < 4.78 is 11.0. The number of methoxy groups -OCH3 is 1. The highest BCUT2D eigenvalue weighted by Gasteiger charge is 2.37. The lowest BCUT2D eigenvalue weighted by Gasteiger charge is -2.20. The number of allylic oxidation sites excluding steroid dienone is 2. The molecular weight excluding hydrogens is 266 g/mol. The summed E-state index contributed by atoms with van der Waals surface area (Å²) in [6.07, 6.45) is 8.32. The van der Waals surface area contributed by atoms with Crippen LogP contribution in [-0.2, 0) is 4.79 Å². The first kappa shape index (κ1) is 13.7. The number of fused-ring (bicyclic) bond motifs is 3. The fraction of sp³-hybridized carbons (Fsp3) is 0.353. The second kappa shape index (κ2) is 4.95. The molecule has 0 aromatic heterocycles. The van der Waals surface area contributed by atoms with Crippen LogP contribution in [0, 0.1) is 13.8 Å². The highest BCUT2D eigenvalue weighted by molar-refractivity contribution is 5.80. The third-order valence-electron chi connectivity index (χ3n) is 4.23. The van der Waals surface area contributed by atoms with E-state index in [2.05, 4.69) is 24.4 Å². The predicted molar refractivity (Wildman–Crippen MR) is 82.2 cm³/mol. The van der Waals surface area contributed by atoms with E-state index in [1.807, 2.05) is 19.1 Å². The lowest BCUT2D eigenvalue weighted by Crippen LogP contribution is -2.18. The molecule has 1 aromatic carbocycles. The monoisotopic (exact) mass is 285 g/mol. The molecule has 3 rings (SSSR count). The smallest absolute Gasteiger partial charge is 0.308 e. The maximum atomic E-state index is 11.5. The summed E-state index contributed by atoms with van der Waals surface area (Å²) in [4.78, 5) is 11.5. The Kier molecular flexibility index (Phi) is 3.24. The van der Waals surface area contributed by atoms with E-state index in [-0.39, 0.29) is 17.9 Å². The molecule has 1 heterocycles. The summed E-state index contributed by atoms with van der Waals surface area (Å²) in [5, 5.41) is 3.53. The van der Waals surface area contributed by atoms with E-state index < -0.39 is 0 Å². The Morgan fingerprint density at radius 2 is 1.86 bits per heavy atom. The number of carbonyl (C=O) groups excluding carboxylic acids is 1. The van der Waals surface area contributed by atoms with Gasteiger partial charge in [0.15, 0.2) is 11.5 Å². The number of ether oxygens (including phenoxy) is 2. The molecule has 1 aliphatic heterocycles. The standard InChI is InChI=1S/C17H19NO3/c1-9-10(2)16(20-4)17(21-11(3)19)14-12-7-5-6-8-13(12)18-15(9)14/h5-8,12-13,18H,1-4H3/t12-,13+/m0/s1. The number of hydrogen-bond acceptors (Lipinski definition) is 4. The Balaban J connectivity index is 2.26. The number of esters is 1. The maximum Gasteiger partial charge on any atom is 0.308 e. The molecular formula is C17H19NO3. The highest BCUT2D eigenvalue weighted by Crippen LogP contribution is 2.51. The van der Waals surface area contributed by atoms with Gasteiger partial charge in [0, 0.05) is 24.1 Å². The maximum absolute atomic E-state index is 11.5. The summed E-state index contributed by atoms with van der Waals surface area (Å²) in [6.45, 7) is 5.46. The molecule has 4 heteroatoms. The second-order valence-electron chi connectivity index (χ2n) is 5.46. The van der Waals surface area contributed by atoms with Gasteiger partial charge in [-0.25, -0.2) is 0 Å². The van der Waals surface area contributed by atoms with Crippen LogP contribution in [0.4, 0.5) is 5.69 Å². The van der Waals surface area contributed by atoms with E-state index in [1.54, 1.807) is 7.11 Å². The predicted octanol–water partition coefficient (Wildman–Crippen LogP) is 3.24. The third kappa shape index (κ3) is 2.02. The minimum atomic E-state index is -0.336. The normalized spacial score (nSPS) is 21.5. The summed E-state index contributed by atoms with van der Waals surface area (Å²) in [7, 11) is 1.61. The van der Waals surface area contributed by atoms with E-state index in [0.717, 1.165) is 22.4 Å². The Morgan fingerprint density at radius 3 is 2.52 bits per heavy atom. The minimum Gasteiger partial charge on any atom is -0.493 e. The van der Waals surface area contributed by atoms with Crippen molar-refractivity contribution >= 4 is 11.7 Å². The molecule has 0 amide bonds. The van der Waals surface area contributed by atoms with Crippen LogP contribution in [0.25, 0.3) is 0 Å². The Morgan fingerprint density at radius 1 is 1.14 bits per heavy atom.